The van der Waals surface area contributed by atoms with Crippen molar-refractivity contribution in [3.05, 3.63) is 58.7 Å². The van der Waals surface area contributed by atoms with E-state index >= 15 is 0 Å². The maximum Gasteiger partial charge on any atom is 0.257 e. The fourth-order valence-electron chi connectivity index (χ4n) is 4.03. The van der Waals surface area contributed by atoms with Gasteiger partial charge in [0.15, 0.2) is 0 Å². The number of amides is 2. The minimum Gasteiger partial charge on any atom is -0.337 e. The first-order chi connectivity index (χ1) is 15.2. The lowest BCUT2D eigenvalue weighted by Crippen LogP contribution is -2.54. The number of nitrogens with one attached hydrogen (secondary N) is 1. The van der Waals surface area contributed by atoms with Crippen LogP contribution < -0.4 is 5.32 Å². The lowest BCUT2D eigenvalue weighted by Gasteiger charge is -2.41. The topological polar surface area (TPSA) is 65.5 Å². The highest BCUT2D eigenvalue weighted by Crippen LogP contribution is 2.25. The lowest BCUT2D eigenvalue weighted by molar-refractivity contribution is -0.139. The van der Waals surface area contributed by atoms with E-state index in [1.807, 2.05) is 32.6 Å². The Hall–Kier alpha value is -2.80. The number of anilines is 1. The highest BCUT2D eigenvalue weighted by molar-refractivity contribution is 6.04. The van der Waals surface area contributed by atoms with Gasteiger partial charge in [0.2, 0.25) is 5.91 Å². The monoisotopic (exact) mass is 440 g/mol. The minimum absolute atomic E-state index is 0.0318. The van der Waals surface area contributed by atoms with Gasteiger partial charge in [-0.25, -0.2) is 4.39 Å². The Morgan fingerprint density at radius 3 is 2.62 bits per heavy atom. The number of piperazine rings is 1. The molecule has 0 radical (unpaired) electrons. The Morgan fingerprint density at radius 1 is 1.25 bits per heavy atom. The SMILES string of the molecule is CCC(C)C(=O)N1CCN(Cc2cc(F)cc(NC(=O)c3ccc(C)nc3)c2C)C[C@@H]1C. The smallest absolute Gasteiger partial charge is 0.257 e. The van der Waals surface area contributed by atoms with Gasteiger partial charge in [-0.05, 0) is 62.6 Å². The van der Waals surface area contributed by atoms with E-state index in [-0.39, 0.29) is 29.6 Å². The first-order valence-corrected chi connectivity index (χ1v) is 11.3. The molecule has 2 atom stereocenters. The van der Waals surface area contributed by atoms with E-state index < -0.39 is 0 Å². The van der Waals surface area contributed by atoms with Crippen LogP contribution in [-0.2, 0) is 11.3 Å². The van der Waals surface area contributed by atoms with Crippen molar-refractivity contribution < 1.29 is 14.0 Å². The zero-order valence-corrected chi connectivity index (χ0v) is 19.6. The molecule has 7 heteroatoms. The van der Waals surface area contributed by atoms with Gasteiger partial charge >= 0.3 is 0 Å². The van der Waals surface area contributed by atoms with Crippen LogP contribution in [-0.4, -0.2) is 52.3 Å². The molecule has 3 rings (SSSR count). The fraction of sp³-hybridized carbons (Fsp3) is 0.480. The Balaban J connectivity index is 1.70. The van der Waals surface area contributed by atoms with Crippen molar-refractivity contribution in [2.45, 2.75) is 53.6 Å². The highest BCUT2D eigenvalue weighted by Gasteiger charge is 2.29. The number of pyridine rings is 1. The minimum atomic E-state index is -0.387. The molecule has 172 valence electrons. The molecule has 1 unspecified atom stereocenters. The number of carbonyl (C=O) groups excluding carboxylic acids is 2. The van der Waals surface area contributed by atoms with Crippen LogP contribution in [0.2, 0.25) is 0 Å². The molecule has 6 nitrogen and oxygen atoms in total. The van der Waals surface area contributed by atoms with Crippen molar-refractivity contribution in [3.63, 3.8) is 0 Å². The van der Waals surface area contributed by atoms with E-state index in [0.29, 0.717) is 24.3 Å². The lowest BCUT2D eigenvalue weighted by atomic mass is 10.0. The second-order valence-corrected chi connectivity index (χ2v) is 8.80. The van der Waals surface area contributed by atoms with E-state index in [1.165, 1.54) is 18.3 Å². The number of aromatic nitrogens is 1. The maximum atomic E-state index is 14.4. The van der Waals surface area contributed by atoms with Gasteiger partial charge < -0.3 is 10.2 Å². The van der Waals surface area contributed by atoms with Crippen LogP contribution in [0.15, 0.2) is 30.5 Å². The molecule has 1 fully saturated rings. The van der Waals surface area contributed by atoms with Gasteiger partial charge in [0.05, 0.1) is 5.56 Å². The Labute approximate surface area is 189 Å². The van der Waals surface area contributed by atoms with E-state index in [0.717, 1.165) is 36.3 Å². The predicted molar refractivity (Wildman–Crippen MR) is 124 cm³/mol. The van der Waals surface area contributed by atoms with E-state index in [2.05, 4.69) is 22.1 Å². The Bertz CT molecular complexity index is 977. The molecule has 1 aliphatic heterocycles. The van der Waals surface area contributed by atoms with E-state index in [9.17, 15) is 14.0 Å². The van der Waals surface area contributed by atoms with Gasteiger partial charge in [-0.1, -0.05) is 13.8 Å². The van der Waals surface area contributed by atoms with Crippen molar-refractivity contribution >= 4 is 17.5 Å². The van der Waals surface area contributed by atoms with Gasteiger partial charge in [0, 0.05) is 55.7 Å². The number of aryl methyl sites for hydroxylation is 1. The summed E-state index contributed by atoms with van der Waals surface area (Å²) in [6.45, 7) is 12.5. The van der Waals surface area contributed by atoms with Crippen LogP contribution in [0.5, 0.6) is 0 Å². The number of nitrogens with zero attached hydrogens (tertiary/aromatic N) is 3. The van der Waals surface area contributed by atoms with Crippen molar-refractivity contribution in [2.24, 2.45) is 5.92 Å². The molecule has 0 spiro atoms. The molecule has 1 aromatic carbocycles. The number of rotatable bonds is 6. The Kier molecular flexibility index (Phi) is 7.61. The highest BCUT2D eigenvalue weighted by atomic mass is 19.1. The largest absolute Gasteiger partial charge is 0.337 e. The molecule has 0 saturated carbocycles. The van der Waals surface area contributed by atoms with Crippen molar-refractivity contribution in [2.75, 3.05) is 25.0 Å². The number of hydrogen-bond donors (Lipinski definition) is 1. The summed E-state index contributed by atoms with van der Waals surface area (Å²) in [7, 11) is 0. The third-order valence-electron chi connectivity index (χ3n) is 6.32. The molecule has 0 bridgehead atoms. The van der Waals surface area contributed by atoms with Crippen LogP contribution >= 0.6 is 0 Å². The third kappa shape index (κ3) is 5.51. The maximum absolute atomic E-state index is 14.4. The second-order valence-electron chi connectivity index (χ2n) is 8.80. The summed E-state index contributed by atoms with van der Waals surface area (Å²) in [5.41, 5.74) is 3.38. The molecule has 32 heavy (non-hydrogen) atoms. The summed E-state index contributed by atoms with van der Waals surface area (Å²) >= 11 is 0. The van der Waals surface area contributed by atoms with Crippen LogP contribution in [0.4, 0.5) is 10.1 Å². The fourth-order valence-corrected chi connectivity index (χ4v) is 4.03. The zero-order chi connectivity index (χ0) is 23.4. The summed E-state index contributed by atoms with van der Waals surface area (Å²) in [5, 5.41) is 2.82. The molecular weight excluding hydrogens is 407 g/mol. The number of carbonyl (C=O) groups is 2. The summed E-state index contributed by atoms with van der Waals surface area (Å²) in [4.78, 5) is 33.5. The summed E-state index contributed by atoms with van der Waals surface area (Å²) in [6.07, 6.45) is 2.35. The molecule has 1 N–H and O–H groups in total. The molecule has 0 aliphatic carbocycles. The van der Waals surface area contributed by atoms with E-state index in [1.54, 1.807) is 12.1 Å². The molecule has 2 heterocycles. The normalized spacial score (nSPS) is 17.8. The average Bonchev–Trinajstić information content (AvgIpc) is 2.76. The first kappa shape index (κ1) is 23.9. The predicted octanol–water partition coefficient (Wildman–Crippen LogP) is 4.17. The summed E-state index contributed by atoms with van der Waals surface area (Å²) < 4.78 is 14.4. The Morgan fingerprint density at radius 2 is 2.00 bits per heavy atom. The average molecular weight is 441 g/mol. The van der Waals surface area contributed by atoms with Crippen molar-refractivity contribution in [3.8, 4) is 0 Å². The van der Waals surface area contributed by atoms with Crippen LogP contribution in [0.25, 0.3) is 0 Å². The second kappa shape index (κ2) is 10.2. The van der Waals surface area contributed by atoms with Gasteiger partial charge in [-0.15, -0.1) is 0 Å². The van der Waals surface area contributed by atoms with Gasteiger partial charge in [-0.2, -0.15) is 0 Å². The van der Waals surface area contributed by atoms with Crippen LogP contribution in [0, 0.1) is 25.6 Å². The number of benzene rings is 1. The molecule has 1 aliphatic rings. The third-order valence-corrected chi connectivity index (χ3v) is 6.32. The zero-order valence-electron chi connectivity index (χ0n) is 19.6. The van der Waals surface area contributed by atoms with Gasteiger partial charge in [0.1, 0.15) is 5.82 Å². The first-order valence-electron chi connectivity index (χ1n) is 11.3. The van der Waals surface area contributed by atoms with Crippen molar-refractivity contribution in [1.29, 1.82) is 0 Å². The van der Waals surface area contributed by atoms with Crippen molar-refractivity contribution in [1.82, 2.24) is 14.8 Å². The summed E-state index contributed by atoms with van der Waals surface area (Å²) in [6, 6.07) is 6.46. The van der Waals surface area contributed by atoms with Gasteiger partial charge in [-0.3, -0.25) is 19.5 Å². The van der Waals surface area contributed by atoms with Crippen LogP contribution in [0.1, 0.15) is 54.4 Å². The van der Waals surface area contributed by atoms with Crippen LogP contribution in [0.3, 0.4) is 0 Å². The molecule has 1 saturated heterocycles. The molecule has 2 aromatic rings. The number of halogens is 1. The molecular formula is C25H33FN4O2. The summed E-state index contributed by atoms with van der Waals surface area (Å²) in [5.74, 6) is -0.467. The van der Waals surface area contributed by atoms with Gasteiger partial charge in [0.25, 0.3) is 5.91 Å². The molecule has 1 aromatic heterocycles. The quantitative estimate of drug-likeness (QED) is 0.732. The van der Waals surface area contributed by atoms with E-state index in [4.69, 9.17) is 0 Å². The number of hydrogen-bond acceptors (Lipinski definition) is 4. The standard InChI is InChI=1S/C25H33FN4O2/c1-6-16(2)25(32)30-10-9-29(14-18(30)4)15-21-11-22(26)12-23(19(21)5)28-24(31)20-8-7-17(3)27-13-20/h7-8,11-13,16,18H,6,9-10,14-15H2,1-5H3,(H,28,31)/t16?,18-/m0/s1. The molecule has 2 amide bonds.